The molecule has 0 unspecified atom stereocenters. The predicted molar refractivity (Wildman–Crippen MR) is 186 cm³/mol. The number of hydrogen-bond acceptors (Lipinski definition) is 4. The van der Waals surface area contributed by atoms with E-state index in [-0.39, 0.29) is 17.4 Å². The zero-order valence-corrected chi connectivity index (χ0v) is 26.5. The third kappa shape index (κ3) is 6.93. The zero-order chi connectivity index (χ0) is 30.9. The van der Waals surface area contributed by atoms with E-state index in [1.807, 2.05) is 96.4 Å². The van der Waals surface area contributed by atoms with Gasteiger partial charge in [0.05, 0.1) is 16.9 Å². The third-order valence-electron chi connectivity index (χ3n) is 7.90. The second-order valence-electron chi connectivity index (χ2n) is 10.8. The molecule has 224 valence electrons. The molecule has 1 aliphatic heterocycles. The Labute approximate surface area is 274 Å². The molecule has 45 heavy (non-hydrogen) atoms. The van der Waals surface area contributed by atoms with Gasteiger partial charge in [0.15, 0.2) is 0 Å². The molecule has 1 aliphatic rings. The highest BCUT2D eigenvalue weighted by Crippen LogP contribution is 2.49. The first-order chi connectivity index (χ1) is 22.1. The van der Waals surface area contributed by atoms with E-state index in [9.17, 15) is 9.59 Å². The van der Waals surface area contributed by atoms with E-state index in [0.29, 0.717) is 25.9 Å². The number of nitrogens with zero attached hydrogens (tertiary/aromatic N) is 2. The predicted octanol–water partition coefficient (Wildman–Crippen LogP) is 8.32. The van der Waals surface area contributed by atoms with E-state index >= 15 is 0 Å². The molecule has 6 heteroatoms. The molecule has 0 saturated carbocycles. The van der Waals surface area contributed by atoms with Crippen LogP contribution in [0.1, 0.15) is 27.8 Å². The largest absolute Gasteiger partial charge is 0.271 e. The summed E-state index contributed by atoms with van der Waals surface area (Å²) in [4.78, 5) is 28.2. The molecule has 1 saturated heterocycles. The second kappa shape index (κ2) is 14.5. The maximum absolute atomic E-state index is 14.1. The molecule has 1 heterocycles. The summed E-state index contributed by atoms with van der Waals surface area (Å²) in [5.74, 6) is -0.514. The first-order valence-electron chi connectivity index (χ1n) is 15.1. The fourth-order valence-electron chi connectivity index (χ4n) is 5.56. The summed E-state index contributed by atoms with van der Waals surface area (Å²) in [6.07, 6.45) is 1.39. The minimum absolute atomic E-state index is 0.187. The summed E-state index contributed by atoms with van der Waals surface area (Å²) >= 11 is 2.74. The summed E-state index contributed by atoms with van der Waals surface area (Å²) in [7, 11) is 0. The minimum atomic E-state index is -0.689. The first-order valence-corrected chi connectivity index (χ1v) is 16.7. The number of carbonyl (C=O) groups excluding carboxylic acids is 2. The lowest BCUT2D eigenvalue weighted by atomic mass is 9.84. The monoisotopic (exact) mass is 626 g/mol. The molecule has 2 amide bonds. The van der Waals surface area contributed by atoms with Gasteiger partial charge in [-0.25, -0.2) is 0 Å². The molecule has 0 spiro atoms. The average molecular weight is 627 g/mol. The van der Waals surface area contributed by atoms with E-state index in [2.05, 4.69) is 60.7 Å². The number of amides is 2. The van der Waals surface area contributed by atoms with Crippen LogP contribution in [0.25, 0.3) is 0 Å². The Bertz CT molecular complexity index is 1570. The van der Waals surface area contributed by atoms with E-state index in [4.69, 9.17) is 0 Å². The Morgan fingerprint density at radius 1 is 0.511 bits per heavy atom. The van der Waals surface area contributed by atoms with Crippen LogP contribution in [0.3, 0.4) is 0 Å². The average Bonchev–Trinajstić information content (AvgIpc) is 3.11. The molecule has 0 N–H and O–H groups in total. The van der Waals surface area contributed by atoms with Crippen LogP contribution in [-0.2, 0) is 27.2 Å². The van der Waals surface area contributed by atoms with E-state index in [0.717, 1.165) is 27.8 Å². The normalized spacial score (nSPS) is 13.6. The standard InChI is InChI=1S/C39H34N2O2S2/c42-37-36(30-44-39(33-20-10-3-11-21-33,34-22-12-4-13-23-34)35-24-14-5-15-25-35)38(43)41(29-27-32-18-8-2-9-19-32)45-40(37)28-26-31-16-6-1-7-17-31/h1-25,30H,26-29H2. The summed E-state index contributed by atoms with van der Waals surface area (Å²) in [5, 5.41) is 1.81. The highest BCUT2D eigenvalue weighted by Gasteiger charge is 2.40. The summed E-state index contributed by atoms with van der Waals surface area (Å²) in [6, 6.07) is 51.2. The molecule has 0 atom stereocenters. The number of carbonyl (C=O) groups is 2. The van der Waals surface area contributed by atoms with Crippen LogP contribution < -0.4 is 0 Å². The quantitative estimate of drug-likeness (QED) is 0.0640. The molecular formula is C39H34N2O2S2. The maximum Gasteiger partial charge on any atom is 0.271 e. The van der Waals surface area contributed by atoms with Crippen molar-refractivity contribution in [1.29, 1.82) is 0 Å². The van der Waals surface area contributed by atoms with Crippen molar-refractivity contribution in [1.82, 2.24) is 8.61 Å². The van der Waals surface area contributed by atoms with Crippen molar-refractivity contribution in [3.05, 3.63) is 190 Å². The molecule has 5 aromatic carbocycles. The fourth-order valence-corrected chi connectivity index (χ4v) is 7.80. The van der Waals surface area contributed by atoms with E-state index in [1.54, 1.807) is 8.61 Å². The molecule has 5 aromatic rings. The molecular weight excluding hydrogens is 593 g/mol. The van der Waals surface area contributed by atoms with Gasteiger partial charge in [-0.3, -0.25) is 18.2 Å². The minimum Gasteiger partial charge on any atom is -0.268 e. The third-order valence-corrected chi connectivity index (χ3v) is 10.4. The van der Waals surface area contributed by atoms with Gasteiger partial charge in [0, 0.05) is 13.1 Å². The van der Waals surface area contributed by atoms with Crippen molar-refractivity contribution in [3.63, 3.8) is 0 Å². The van der Waals surface area contributed by atoms with Crippen molar-refractivity contribution < 1.29 is 9.59 Å². The van der Waals surface area contributed by atoms with Gasteiger partial charge >= 0.3 is 0 Å². The Kier molecular flexibility index (Phi) is 9.83. The smallest absolute Gasteiger partial charge is 0.268 e. The van der Waals surface area contributed by atoms with Crippen molar-refractivity contribution in [3.8, 4) is 0 Å². The summed E-state index contributed by atoms with van der Waals surface area (Å²) in [5.41, 5.74) is 5.68. The molecule has 0 bridgehead atoms. The van der Waals surface area contributed by atoms with Crippen LogP contribution in [-0.4, -0.2) is 33.5 Å². The van der Waals surface area contributed by atoms with Crippen LogP contribution in [0.4, 0.5) is 0 Å². The van der Waals surface area contributed by atoms with Crippen LogP contribution in [0.15, 0.2) is 163 Å². The fraction of sp³-hybridized carbons (Fsp3) is 0.128. The molecule has 1 fully saturated rings. The molecule has 4 nitrogen and oxygen atoms in total. The van der Waals surface area contributed by atoms with Gasteiger partial charge in [-0.2, -0.15) is 0 Å². The van der Waals surface area contributed by atoms with Crippen molar-refractivity contribution in [2.45, 2.75) is 17.6 Å². The van der Waals surface area contributed by atoms with Crippen LogP contribution >= 0.6 is 23.9 Å². The molecule has 0 aromatic heterocycles. The van der Waals surface area contributed by atoms with Crippen molar-refractivity contribution in [2.75, 3.05) is 13.1 Å². The van der Waals surface area contributed by atoms with E-state index in [1.165, 1.54) is 23.9 Å². The van der Waals surface area contributed by atoms with Crippen LogP contribution in [0, 0.1) is 0 Å². The summed E-state index contributed by atoms with van der Waals surface area (Å²) in [6.45, 7) is 0.984. The van der Waals surface area contributed by atoms with E-state index < -0.39 is 4.75 Å². The maximum atomic E-state index is 14.1. The number of rotatable bonds is 11. The second-order valence-corrected chi connectivity index (χ2v) is 12.9. The first kappa shape index (κ1) is 30.5. The number of hydrogen-bond donors (Lipinski definition) is 0. The Hall–Kier alpha value is -4.52. The van der Waals surface area contributed by atoms with Gasteiger partial charge in [-0.15, -0.1) is 11.8 Å². The van der Waals surface area contributed by atoms with Crippen LogP contribution in [0.2, 0.25) is 0 Å². The molecule has 0 radical (unpaired) electrons. The van der Waals surface area contributed by atoms with Crippen molar-refractivity contribution in [2.24, 2.45) is 0 Å². The zero-order valence-electron chi connectivity index (χ0n) is 24.9. The topological polar surface area (TPSA) is 40.6 Å². The van der Waals surface area contributed by atoms with Gasteiger partial charge in [0.1, 0.15) is 5.57 Å². The molecule has 0 aliphatic carbocycles. The Balaban J connectivity index is 1.39. The lowest BCUT2D eigenvalue weighted by Crippen LogP contribution is -2.45. The summed E-state index contributed by atoms with van der Waals surface area (Å²) < 4.78 is 2.79. The highest BCUT2D eigenvalue weighted by molar-refractivity contribution is 8.03. The van der Waals surface area contributed by atoms with Crippen LogP contribution in [0.5, 0.6) is 0 Å². The number of benzene rings is 5. The van der Waals surface area contributed by atoms with Gasteiger partial charge in [0.2, 0.25) is 0 Å². The Morgan fingerprint density at radius 3 is 1.20 bits per heavy atom. The van der Waals surface area contributed by atoms with Gasteiger partial charge < -0.3 is 0 Å². The highest BCUT2D eigenvalue weighted by atomic mass is 32.2. The SMILES string of the molecule is O=C1C(=CSC(c2ccccc2)(c2ccccc2)c2ccccc2)C(=O)N(CCc2ccccc2)SN1CCc1ccccc1. The van der Waals surface area contributed by atoms with Crippen molar-refractivity contribution >= 4 is 35.7 Å². The molecule has 6 rings (SSSR count). The lowest BCUT2D eigenvalue weighted by Gasteiger charge is -2.36. The van der Waals surface area contributed by atoms with Gasteiger partial charge in [-0.1, -0.05) is 152 Å². The van der Waals surface area contributed by atoms with Gasteiger partial charge in [-0.05, 0) is 46.1 Å². The lowest BCUT2D eigenvalue weighted by molar-refractivity contribution is -0.130. The Morgan fingerprint density at radius 2 is 0.844 bits per heavy atom. The number of thioether (sulfide) groups is 1. The van der Waals surface area contributed by atoms with Gasteiger partial charge in [0.25, 0.3) is 11.8 Å².